The number of hydrogen-bond donors (Lipinski definition) is 1. The summed E-state index contributed by atoms with van der Waals surface area (Å²) in [5.74, 6) is 1.82. The van der Waals surface area contributed by atoms with Gasteiger partial charge in [0.2, 0.25) is 0 Å². The van der Waals surface area contributed by atoms with Gasteiger partial charge in [0.1, 0.15) is 0 Å². The van der Waals surface area contributed by atoms with E-state index in [1.165, 1.54) is 16.0 Å². The topological polar surface area (TPSA) is 48.0 Å². The molecule has 3 aromatic rings. The molecule has 6 heteroatoms. The van der Waals surface area contributed by atoms with Crippen molar-refractivity contribution in [3.63, 3.8) is 0 Å². The summed E-state index contributed by atoms with van der Waals surface area (Å²) in [5, 5.41) is 9.92. The Labute approximate surface area is 159 Å². The fraction of sp³-hybridized carbons (Fsp3) is 0.350. The molecule has 0 bridgehead atoms. The van der Waals surface area contributed by atoms with Crippen molar-refractivity contribution in [3.05, 3.63) is 59.9 Å². The molecule has 0 saturated carbocycles. The quantitative estimate of drug-likeness (QED) is 0.621. The second kappa shape index (κ2) is 8.96. The van der Waals surface area contributed by atoms with E-state index in [-0.39, 0.29) is 0 Å². The van der Waals surface area contributed by atoms with E-state index in [0.717, 1.165) is 41.8 Å². The minimum absolute atomic E-state index is 0.897. The van der Waals surface area contributed by atoms with Gasteiger partial charge in [-0.05, 0) is 24.6 Å². The highest BCUT2D eigenvalue weighted by Gasteiger charge is 2.14. The van der Waals surface area contributed by atoms with Crippen molar-refractivity contribution in [1.82, 2.24) is 19.7 Å². The van der Waals surface area contributed by atoms with Crippen LogP contribution in [0.15, 0.2) is 53.9 Å². The number of hydrogen-bond acceptors (Lipinski definition) is 4. The van der Waals surface area contributed by atoms with Crippen LogP contribution in [-0.4, -0.2) is 40.4 Å². The Morgan fingerprint density at radius 2 is 1.73 bits per heavy atom. The number of quaternary nitrogens is 1. The zero-order valence-electron chi connectivity index (χ0n) is 15.6. The number of nitrogens with zero attached hydrogens (tertiary/aromatic N) is 4. The molecule has 3 rings (SSSR count). The van der Waals surface area contributed by atoms with Crippen molar-refractivity contribution >= 4 is 11.8 Å². The van der Waals surface area contributed by atoms with Gasteiger partial charge >= 0.3 is 0 Å². The highest BCUT2D eigenvalue weighted by molar-refractivity contribution is 7.98. The Morgan fingerprint density at radius 1 is 1.00 bits per heavy atom. The number of pyridine rings is 1. The second-order valence-electron chi connectivity index (χ2n) is 6.78. The highest BCUT2D eigenvalue weighted by atomic mass is 32.2. The van der Waals surface area contributed by atoms with Crippen LogP contribution in [0.2, 0.25) is 0 Å². The number of thioether (sulfide) groups is 1. The number of benzene rings is 1. The Hall–Kier alpha value is -2.18. The third-order valence-corrected chi connectivity index (χ3v) is 5.24. The van der Waals surface area contributed by atoms with Gasteiger partial charge in [-0.15, -0.1) is 10.2 Å². The fourth-order valence-electron chi connectivity index (χ4n) is 2.73. The van der Waals surface area contributed by atoms with Crippen LogP contribution in [0.5, 0.6) is 0 Å². The van der Waals surface area contributed by atoms with Gasteiger partial charge in [0.15, 0.2) is 11.0 Å². The van der Waals surface area contributed by atoms with Crippen molar-refractivity contribution in [3.8, 4) is 11.4 Å². The van der Waals surface area contributed by atoms with Crippen LogP contribution in [0.3, 0.4) is 0 Å². The molecule has 0 radical (unpaired) electrons. The molecule has 2 heterocycles. The van der Waals surface area contributed by atoms with E-state index >= 15 is 0 Å². The van der Waals surface area contributed by atoms with Crippen LogP contribution in [0.1, 0.15) is 17.5 Å². The average molecular weight is 369 g/mol. The van der Waals surface area contributed by atoms with Crippen molar-refractivity contribution in [1.29, 1.82) is 0 Å². The van der Waals surface area contributed by atoms with E-state index in [1.54, 1.807) is 24.2 Å². The molecule has 26 heavy (non-hydrogen) atoms. The summed E-state index contributed by atoms with van der Waals surface area (Å²) in [5.41, 5.74) is 3.65. The predicted octanol–water partition coefficient (Wildman–Crippen LogP) is 2.48. The summed E-state index contributed by atoms with van der Waals surface area (Å²) >= 11 is 1.75. The van der Waals surface area contributed by atoms with Crippen LogP contribution in [0.25, 0.3) is 11.4 Å². The first-order valence-corrected chi connectivity index (χ1v) is 9.93. The summed E-state index contributed by atoms with van der Waals surface area (Å²) < 4.78 is 2.25. The molecule has 1 aromatic carbocycles. The highest BCUT2D eigenvalue weighted by Crippen LogP contribution is 2.26. The van der Waals surface area contributed by atoms with Crippen LogP contribution in [0, 0.1) is 6.92 Å². The third-order valence-electron chi connectivity index (χ3n) is 4.20. The maximum Gasteiger partial charge on any atom is 0.191 e. The molecule has 0 saturated heterocycles. The van der Waals surface area contributed by atoms with Gasteiger partial charge in [0.05, 0.1) is 20.6 Å². The van der Waals surface area contributed by atoms with Crippen LogP contribution in [-0.2, 0) is 12.3 Å². The molecular formula is C20H26N5S+. The van der Waals surface area contributed by atoms with Gasteiger partial charge in [-0.1, -0.05) is 41.6 Å². The number of aryl methyl sites for hydroxylation is 1. The summed E-state index contributed by atoms with van der Waals surface area (Å²) in [6.07, 6.45) is 4.70. The predicted molar refractivity (Wildman–Crippen MR) is 106 cm³/mol. The lowest BCUT2D eigenvalue weighted by Crippen LogP contribution is -3.05. The maximum absolute atomic E-state index is 4.47. The van der Waals surface area contributed by atoms with Crippen LogP contribution in [0.4, 0.5) is 0 Å². The van der Waals surface area contributed by atoms with E-state index in [9.17, 15) is 0 Å². The van der Waals surface area contributed by atoms with Gasteiger partial charge in [-0.25, -0.2) is 0 Å². The molecular weight excluding hydrogens is 342 g/mol. The monoisotopic (exact) mass is 368 g/mol. The van der Waals surface area contributed by atoms with Gasteiger partial charge in [0.25, 0.3) is 0 Å². The van der Waals surface area contributed by atoms with E-state index in [1.807, 2.05) is 12.1 Å². The normalized spacial score (nSPS) is 11.2. The number of aromatic nitrogens is 4. The summed E-state index contributed by atoms with van der Waals surface area (Å²) in [7, 11) is 4.37. The lowest BCUT2D eigenvalue weighted by atomic mass is 10.2. The molecule has 1 N–H and O–H groups in total. The molecule has 0 atom stereocenters. The van der Waals surface area contributed by atoms with Crippen molar-refractivity contribution < 1.29 is 4.90 Å². The van der Waals surface area contributed by atoms with E-state index in [0.29, 0.717) is 0 Å². The Balaban J connectivity index is 1.79. The molecule has 0 aliphatic carbocycles. The lowest BCUT2D eigenvalue weighted by molar-refractivity contribution is -0.858. The van der Waals surface area contributed by atoms with Gasteiger partial charge < -0.3 is 9.47 Å². The number of rotatable bonds is 8. The minimum atomic E-state index is 0.897. The summed E-state index contributed by atoms with van der Waals surface area (Å²) in [6.45, 7) is 4.16. The Morgan fingerprint density at radius 3 is 2.42 bits per heavy atom. The molecule has 0 aliphatic heterocycles. The average Bonchev–Trinajstić information content (AvgIpc) is 3.04. The van der Waals surface area contributed by atoms with Gasteiger partial charge in [-0.3, -0.25) is 4.98 Å². The van der Waals surface area contributed by atoms with Crippen LogP contribution < -0.4 is 4.90 Å². The first kappa shape index (κ1) is 18.6. The van der Waals surface area contributed by atoms with E-state index in [2.05, 4.69) is 65.0 Å². The molecule has 0 spiro atoms. The summed E-state index contributed by atoms with van der Waals surface area (Å²) in [6, 6.07) is 12.7. The standard InChI is InChI=1S/C20H25N5S/c1-16-5-7-17(8-6-16)15-26-20-23-22-19(18-9-11-21-12-10-18)25(20)14-4-13-24(2)3/h5-12H,4,13-15H2,1-3H3/p+1. The minimum Gasteiger partial charge on any atom is -0.340 e. The number of nitrogens with one attached hydrogen (secondary N) is 1. The Kier molecular flexibility index (Phi) is 6.41. The van der Waals surface area contributed by atoms with Crippen molar-refractivity contribution in [2.24, 2.45) is 0 Å². The zero-order valence-corrected chi connectivity index (χ0v) is 16.5. The van der Waals surface area contributed by atoms with Crippen molar-refractivity contribution in [2.45, 2.75) is 30.8 Å². The first-order valence-electron chi connectivity index (χ1n) is 8.94. The molecule has 136 valence electrons. The maximum atomic E-state index is 4.47. The zero-order chi connectivity index (χ0) is 18.4. The molecule has 5 nitrogen and oxygen atoms in total. The Bertz CT molecular complexity index is 812. The van der Waals surface area contributed by atoms with Gasteiger partial charge in [0, 0.05) is 36.7 Å². The van der Waals surface area contributed by atoms with Gasteiger partial charge in [-0.2, -0.15) is 0 Å². The smallest absolute Gasteiger partial charge is 0.191 e. The largest absolute Gasteiger partial charge is 0.340 e. The van der Waals surface area contributed by atoms with Crippen molar-refractivity contribution in [2.75, 3.05) is 20.6 Å². The van der Waals surface area contributed by atoms with E-state index < -0.39 is 0 Å². The van der Waals surface area contributed by atoms with E-state index in [4.69, 9.17) is 0 Å². The molecule has 0 fully saturated rings. The summed E-state index contributed by atoms with van der Waals surface area (Å²) in [4.78, 5) is 5.57. The fourth-order valence-corrected chi connectivity index (χ4v) is 3.65. The molecule has 2 aromatic heterocycles. The lowest BCUT2D eigenvalue weighted by Gasteiger charge is -2.12. The molecule has 0 unspecified atom stereocenters. The third kappa shape index (κ3) is 4.93. The SMILES string of the molecule is Cc1ccc(CSc2nnc(-c3ccncc3)n2CCC[NH+](C)C)cc1. The molecule has 0 amide bonds. The molecule has 0 aliphatic rings. The van der Waals surface area contributed by atoms with Crippen LogP contribution >= 0.6 is 11.8 Å². The second-order valence-corrected chi connectivity index (χ2v) is 7.72. The first-order chi connectivity index (χ1) is 12.6.